The molecule has 0 aromatic heterocycles. The number of hydrogen-bond donors (Lipinski definition) is 1. The minimum Gasteiger partial charge on any atom is -0.317 e. The van der Waals surface area contributed by atoms with Crippen LogP contribution in [0.3, 0.4) is 0 Å². The van der Waals surface area contributed by atoms with Gasteiger partial charge in [0, 0.05) is 0 Å². The van der Waals surface area contributed by atoms with Crippen molar-refractivity contribution in [1.29, 1.82) is 0 Å². The first kappa shape index (κ1) is 16.2. The van der Waals surface area contributed by atoms with E-state index < -0.39 is 0 Å². The van der Waals surface area contributed by atoms with Crippen LogP contribution in [0.1, 0.15) is 46.0 Å². The molecule has 0 aromatic rings. The van der Waals surface area contributed by atoms with Crippen molar-refractivity contribution in [3.05, 3.63) is 0 Å². The van der Waals surface area contributed by atoms with Crippen molar-refractivity contribution >= 4 is 12.4 Å². The Morgan fingerprint density at radius 1 is 1.00 bits per heavy atom. The first-order chi connectivity index (χ1) is 7.36. The third-order valence-electron chi connectivity index (χ3n) is 3.39. The third-order valence-corrected chi connectivity index (χ3v) is 3.39. The molecule has 0 spiro atoms. The van der Waals surface area contributed by atoms with Gasteiger partial charge in [-0.25, -0.2) is 0 Å². The summed E-state index contributed by atoms with van der Waals surface area (Å²) in [6.45, 7) is 11.0. The number of nitrogens with zero attached hydrogens (tertiary/aromatic N) is 1. The molecular weight excluding hydrogens is 220 g/mol. The topological polar surface area (TPSA) is 15.3 Å². The van der Waals surface area contributed by atoms with Crippen LogP contribution < -0.4 is 5.32 Å². The van der Waals surface area contributed by atoms with Gasteiger partial charge in [0.15, 0.2) is 0 Å². The Bertz CT molecular complexity index is 141. The van der Waals surface area contributed by atoms with Crippen molar-refractivity contribution in [1.82, 2.24) is 10.2 Å². The van der Waals surface area contributed by atoms with Crippen molar-refractivity contribution in [2.75, 3.05) is 32.7 Å². The number of hydrogen-bond acceptors (Lipinski definition) is 2. The van der Waals surface area contributed by atoms with Gasteiger partial charge in [0.05, 0.1) is 0 Å². The first-order valence-electron chi connectivity index (χ1n) is 6.79. The summed E-state index contributed by atoms with van der Waals surface area (Å²) in [6, 6.07) is 0. The van der Waals surface area contributed by atoms with Gasteiger partial charge in [-0.2, -0.15) is 0 Å². The van der Waals surface area contributed by atoms with Crippen molar-refractivity contribution in [2.24, 2.45) is 5.92 Å². The third kappa shape index (κ3) is 6.72. The number of piperidine rings is 1. The van der Waals surface area contributed by atoms with E-state index in [1.807, 2.05) is 0 Å². The van der Waals surface area contributed by atoms with Crippen LogP contribution in [0.4, 0.5) is 0 Å². The molecule has 1 saturated heterocycles. The van der Waals surface area contributed by atoms with Crippen LogP contribution in [0.5, 0.6) is 0 Å². The molecule has 1 N–H and O–H groups in total. The van der Waals surface area contributed by atoms with Gasteiger partial charge in [0.1, 0.15) is 0 Å². The van der Waals surface area contributed by atoms with Gasteiger partial charge in [-0.05, 0) is 70.7 Å². The summed E-state index contributed by atoms with van der Waals surface area (Å²) in [6.07, 6.45) is 6.80. The predicted molar refractivity (Wildman–Crippen MR) is 74.5 cm³/mol. The van der Waals surface area contributed by atoms with E-state index in [0.29, 0.717) is 0 Å². The van der Waals surface area contributed by atoms with E-state index in [-0.39, 0.29) is 12.4 Å². The van der Waals surface area contributed by atoms with Crippen LogP contribution >= 0.6 is 12.4 Å². The van der Waals surface area contributed by atoms with Crippen LogP contribution in [0.25, 0.3) is 0 Å². The van der Waals surface area contributed by atoms with E-state index in [9.17, 15) is 0 Å². The molecule has 1 rings (SSSR count). The van der Waals surface area contributed by atoms with Gasteiger partial charge in [0.2, 0.25) is 0 Å². The predicted octanol–water partition coefficient (Wildman–Crippen LogP) is 2.92. The maximum Gasteiger partial charge on any atom is -0.00161 e. The van der Waals surface area contributed by atoms with Crippen molar-refractivity contribution in [3.63, 3.8) is 0 Å². The average Bonchev–Trinajstić information content (AvgIpc) is 2.28. The van der Waals surface area contributed by atoms with Gasteiger partial charge >= 0.3 is 0 Å². The second-order valence-electron chi connectivity index (χ2n) is 4.82. The van der Waals surface area contributed by atoms with Gasteiger partial charge in [0.25, 0.3) is 0 Å². The summed E-state index contributed by atoms with van der Waals surface area (Å²) in [7, 11) is 0. The monoisotopic (exact) mass is 248 g/mol. The van der Waals surface area contributed by atoms with Crippen LogP contribution in [0.2, 0.25) is 0 Å². The van der Waals surface area contributed by atoms with E-state index in [1.165, 1.54) is 64.8 Å². The molecule has 0 amide bonds. The highest BCUT2D eigenvalue weighted by molar-refractivity contribution is 5.85. The highest BCUT2D eigenvalue weighted by Crippen LogP contribution is 2.16. The Labute approximate surface area is 108 Å². The highest BCUT2D eigenvalue weighted by atomic mass is 35.5. The van der Waals surface area contributed by atoms with Gasteiger partial charge in [-0.15, -0.1) is 12.4 Å². The first-order valence-corrected chi connectivity index (χ1v) is 6.79. The molecule has 0 unspecified atom stereocenters. The van der Waals surface area contributed by atoms with E-state index >= 15 is 0 Å². The van der Waals surface area contributed by atoms with Crippen molar-refractivity contribution in [2.45, 2.75) is 46.0 Å². The summed E-state index contributed by atoms with van der Waals surface area (Å²) in [5, 5.41) is 3.44. The molecule has 1 heterocycles. The molecule has 0 aromatic carbocycles. The van der Waals surface area contributed by atoms with Crippen LogP contribution in [-0.2, 0) is 0 Å². The Balaban J connectivity index is 0.00000225. The molecule has 0 atom stereocenters. The zero-order chi connectivity index (χ0) is 10.9. The fourth-order valence-electron chi connectivity index (χ4n) is 2.50. The zero-order valence-corrected chi connectivity index (χ0v) is 11.8. The largest absolute Gasteiger partial charge is 0.317 e. The zero-order valence-electron chi connectivity index (χ0n) is 11.0. The lowest BCUT2D eigenvalue weighted by Crippen LogP contribution is -2.32. The van der Waals surface area contributed by atoms with Crippen LogP contribution in [-0.4, -0.2) is 37.6 Å². The summed E-state index contributed by atoms with van der Waals surface area (Å²) >= 11 is 0. The van der Waals surface area contributed by atoms with Crippen LogP contribution in [0, 0.1) is 5.92 Å². The van der Waals surface area contributed by atoms with E-state index in [4.69, 9.17) is 0 Å². The summed E-state index contributed by atoms with van der Waals surface area (Å²) in [5.41, 5.74) is 0. The lowest BCUT2D eigenvalue weighted by molar-refractivity contribution is 0.235. The quantitative estimate of drug-likeness (QED) is 0.746. The van der Waals surface area contributed by atoms with Crippen LogP contribution in [0.15, 0.2) is 0 Å². The van der Waals surface area contributed by atoms with Crippen molar-refractivity contribution in [3.8, 4) is 0 Å². The standard InChI is InChI=1S/C13H28N2.ClH/c1-3-10-15(11-4-2)12-7-13-5-8-14-9-6-13;/h13-14H,3-12H2,1-2H3;1H. The summed E-state index contributed by atoms with van der Waals surface area (Å²) in [4.78, 5) is 2.64. The molecule has 3 heteroatoms. The molecule has 1 fully saturated rings. The number of rotatable bonds is 7. The van der Waals surface area contributed by atoms with E-state index in [1.54, 1.807) is 0 Å². The number of halogens is 1. The van der Waals surface area contributed by atoms with Gasteiger partial charge < -0.3 is 10.2 Å². The van der Waals surface area contributed by atoms with E-state index in [2.05, 4.69) is 24.1 Å². The Morgan fingerprint density at radius 3 is 2.06 bits per heavy atom. The maximum absolute atomic E-state index is 3.44. The number of nitrogens with one attached hydrogen (secondary N) is 1. The minimum atomic E-state index is 0. The smallest absolute Gasteiger partial charge is 0.00161 e. The molecule has 0 radical (unpaired) electrons. The average molecular weight is 249 g/mol. The second-order valence-corrected chi connectivity index (χ2v) is 4.82. The lowest BCUT2D eigenvalue weighted by atomic mass is 9.94. The highest BCUT2D eigenvalue weighted by Gasteiger charge is 2.13. The fourth-order valence-corrected chi connectivity index (χ4v) is 2.50. The summed E-state index contributed by atoms with van der Waals surface area (Å²) in [5.74, 6) is 0.988. The molecule has 0 saturated carbocycles. The van der Waals surface area contributed by atoms with E-state index in [0.717, 1.165) is 5.92 Å². The SMILES string of the molecule is CCCN(CCC)CCC1CCNCC1.Cl. The Hall–Kier alpha value is 0.210. The molecule has 98 valence electrons. The molecule has 1 aliphatic rings. The molecule has 0 aliphatic carbocycles. The maximum atomic E-state index is 3.44. The Morgan fingerprint density at radius 2 is 1.56 bits per heavy atom. The van der Waals surface area contributed by atoms with Gasteiger partial charge in [-0.3, -0.25) is 0 Å². The molecule has 1 aliphatic heterocycles. The molecule has 2 nitrogen and oxygen atoms in total. The van der Waals surface area contributed by atoms with Gasteiger partial charge in [-0.1, -0.05) is 13.8 Å². The lowest BCUT2D eigenvalue weighted by Gasteiger charge is -2.27. The second kappa shape index (κ2) is 10.4. The Kier molecular flexibility index (Phi) is 10.5. The van der Waals surface area contributed by atoms with Crippen molar-refractivity contribution < 1.29 is 0 Å². The fraction of sp³-hybridized carbons (Fsp3) is 1.00. The normalized spacial score (nSPS) is 17.4. The minimum absolute atomic E-state index is 0. The molecule has 16 heavy (non-hydrogen) atoms. The molecular formula is C13H29ClN2. The summed E-state index contributed by atoms with van der Waals surface area (Å²) < 4.78 is 0. The molecule has 0 bridgehead atoms.